The third-order valence-corrected chi connectivity index (χ3v) is 5.18. The largest absolute Gasteiger partial charge is 0.494 e. The van der Waals surface area contributed by atoms with Crippen molar-refractivity contribution < 1.29 is 14.4 Å². The molecule has 3 rings (SSSR count). The van der Waals surface area contributed by atoms with E-state index in [4.69, 9.17) is 9.31 Å². The van der Waals surface area contributed by atoms with Crippen LogP contribution < -0.4 is 10.4 Å². The maximum Gasteiger partial charge on any atom is 0.494 e. The summed E-state index contributed by atoms with van der Waals surface area (Å²) >= 11 is 0. The Kier molecular flexibility index (Phi) is 4.00. The summed E-state index contributed by atoms with van der Waals surface area (Å²) in [4.78, 5) is 2.24. The van der Waals surface area contributed by atoms with Gasteiger partial charge in [-0.1, -0.05) is 12.1 Å². The van der Waals surface area contributed by atoms with Gasteiger partial charge in [0.1, 0.15) is 0 Å². The van der Waals surface area contributed by atoms with Crippen molar-refractivity contribution >= 4 is 18.3 Å². The normalized spacial score (nSPS) is 27.2. The fourth-order valence-electron chi connectivity index (χ4n) is 3.01. The van der Waals surface area contributed by atoms with Gasteiger partial charge < -0.3 is 19.3 Å². The first-order valence-corrected chi connectivity index (χ1v) is 8.17. The predicted octanol–water partition coefficient (Wildman–Crippen LogP) is 1.95. The van der Waals surface area contributed by atoms with E-state index in [-0.39, 0.29) is 24.4 Å². The average molecular weight is 303 g/mol. The van der Waals surface area contributed by atoms with E-state index >= 15 is 0 Å². The monoisotopic (exact) mass is 303 g/mol. The van der Waals surface area contributed by atoms with Gasteiger partial charge in [0, 0.05) is 18.8 Å². The third kappa shape index (κ3) is 2.90. The maximum atomic E-state index is 9.80. The Morgan fingerprint density at radius 3 is 2.23 bits per heavy atom. The second-order valence-corrected chi connectivity index (χ2v) is 7.42. The SMILES string of the molecule is CC1(C)OB(c2ccc(N3CCC[C@@H](O)C3)cc2)OC1(C)C. The molecule has 2 fully saturated rings. The Hall–Kier alpha value is -1.04. The number of aliphatic hydroxyl groups excluding tert-OH is 1. The summed E-state index contributed by atoms with van der Waals surface area (Å²) in [7, 11) is -0.314. The zero-order chi connectivity index (χ0) is 16.0. The summed E-state index contributed by atoms with van der Waals surface area (Å²) in [6.45, 7) is 9.99. The van der Waals surface area contributed by atoms with Gasteiger partial charge in [0.2, 0.25) is 0 Å². The smallest absolute Gasteiger partial charge is 0.399 e. The van der Waals surface area contributed by atoms with Crippen molar-refractivity contribution in [3.63, 3.8) is 0 Å². The average Bonchev–Trinajstić information content (AvgIpc) is 2.68. The van der Waals surface area contributed by atoms with Crippen molar-refractivity contribution in [2.24, 2.45) is 0 Å². The number of anilines is 1. The topological polar surface area (TPSA) is 41.9 Å². The number of rotatable bonds is 2. The standard InChI is InChI=1S/C17H26BNO3/c1-16(2)17(3,4)22-18(21-16)13-7-9-14(10-8-13)19-11-5-6-15(20)12-19/h7-10,15,20H,5-6,11-12H2,1-4H3/t15-/m1/s1. The van der Waals surface area contributed by atoms with Crippen LogP contribution in [0.1, 0.15) is 40.5 Å². The number of aliphatic hydroxyl groups is 1. The Morgan fingerprint density at radius 2 is 1.68 bits per heavy atom. The van der Waals surface area contributed by atoms with Crippen molar-refractivity contribution in [3.8, 4) is 0 Å². The summed E-state index contributed by atoms with van der Waals surface area (Å²) in [6, 6.07) is 8.33. The summed E-state index contributed by atoms with van der Waals surface area (Å²) in [5.41, 5.74) is 1.57. The van der Waals surface area contributed by atoms with Crippen LogP contribution in [0.4, 0.5) is 5.69 Å². The number of β-amino-alcohol motifs (C(OH)–C–C–N with tert-alkyl or cyclic N) is 1. The van der Waals surface area contributed by atoms with Gasteiger partial charge in [0.05, 0.1) is 17.3 Å². The zero-order valence-corrected chi connectivity index (χ0v) is 14.0. The van der Waals surface area contributed by atoms with Crippen LogP contribution in [0.5, 0.6) is 0 Å². The van der Waals surface area contributed by atoms with Crippen LogP contribution in [0.15, 0.2) is 24.3 Å². The summed E-state index contributed by atoms with van der Waals surface area (Å²) in [5, 5.41) is 9.80. The van der Waals surface area contributed by atoms with Crippen LogP contribution in [0, 0.1) is 0 Å². The lowest BCUT2D eigenvalue weighted by Crippen LogP contribution is -2.41. The van der Waals surface area contributed by atoms with Gasteiger partial charge >= 0.3 is 7.12 Å². The maximum absolute atomic E-state index is 9.80. The highest BCUT2D eigenvalue weighted by Gasteiger charge is 2.51. The molecular formula is C17H26BNO3. The molecule has 0 aliphatic carbocycles. The first-order chi connectivity index (χ1) is 10.3. The first-order valence-electron chi connectivity index (χ1n) is 8.17. The minimum atomic E-state index is -0.314. The number of hydrogen-bond donors (Lipinski definition) is 1. The fourth-order valence-corrected chi connectivity index (χ4v) is 3.01. The molecule has 120 valence electrons. The zero-order valence-electron chi connectivity index (χ0n) is 14.0. The van der Waals surface area contributed by atoms with E-state index in [1.54, 1.807) is 0 Å². The molecule has 0 aromatic heterocycles. The lowest BCUT2D eigenvalue weighted by atomic mass is 9.79. The highest BCUT2D eigenvalue weighted by atomic mass is 16.7. The van der Waals surface area contributed by atoms with E-state index in [1.165, 1.54) is 0 Å². The predicted molar refractivity (Wildman–Crippen MR) is 89.6 cm³/mol. The molecule has 1 aromatic rings. The van der Waals surface area contributed by atoms with Crippen LogP contribution in [0.3, 0.4) is 0 Å². The van der Waals surface area contributed by atoms with Gasteiger partial charge in [-0.05, 0) is 58.1 Å². The number of benzene rings is 1. The van der Waals surface area contributed by atoms with Gasteiger partial charge in [-0.15, -0.1) is 0 Å². The van der Waals surface area contributed by atoms with Crippen molar-refractivity contribution in [2.75, 3.05) is 18.0 Å². The molecule has 4 nitrogen and oxygen atoms in total. The second-order valence-electron chi connectivity index (χ2n) is 7.42. The molecular weight excluding hydrogens is 277 g/mol. The molecule has 0 amide bonds. The van der Waals surface area contributed by atoms with Crippen molar-refractivity contribution in [1.82, 2.24) is 0 Å². The quantitative estimate of drug-likeness (QED) is 0.848. The molecule has 1 aromatic carbocycles. The molecule has 0 unspecified atom stereocenters. The Bertz CT molecular complexity index is 513. The van der Waals surface area contributed by atoms with Crippen molar-refractivity contribution in [2.45, 2.75) is 57.8 Å². The molecule has 1 N–H and O–H groups in total. The van der Waals surface area contributed by atoms with E-state index in [0.717, 1.165) is 37.1 Å². The third-order valence-electron chi connectivity index (χ3n) is 5.18. The molecule has 0 saturated carbocycles. The van der Waals surface area contributed by atoms with Crippen LogP contribution in [-0.2, 0) is 9.31 Å². The number of hydrogen-bond acceptors (Lipinski definition) is 4. The number of piperidine rings is 1. The molecule has 0 radical (unpaired) electrons. The van der Waals surface area contributed by atoms with E-state index in [1.807, 2.05) is 0 Å². The summed E-state index contributed by atoms with van der Waals surface area (Å²) in [6.07, 6.45) is 1.74. The van der Waals surface area contributed by atoms with Crippen LogP contribution in [0.25, 0.3) is 0 Å². The Morgan fingerprint density at radius 1 is 1.09 bits per heavy atom. The van der Waals surface area contributed by atoms with Crippen LogP contribution in [-0.4, -0.2) is 42.6 Å². The van der Waals surface area contributed by atoms with E-state index in [2.05, 4.69) is 56.9 Å². The molecule has 22 heavy (non-hydrogen) atoms. The van der Waals surface area contributed by atoms with Gasteiger partial charge in [0.15, 0.2) is 0 Å². The van der Waals surface area contributed by atoms with E-state index in [9.17, 15) is 5.11 Å². The first kappa shape index (κ1) is 15.8. The lowest BCUT2D eigenvalue weighted by Gasteiger charge is -2.32. The molecule has 5 heteroatoms. The van der Waals surface area contributed by atoms with Gasteiger partial charge in [-0.2, -0.15) is 0 Å². The summed E-state index contributed by atoms with van der Waals surface area (Å²) < 4.78 is 12.2. The molecule has 2 aliphatic heterocycles. The fraction of sp³-hybridized carbons (Fsp3) is 0.647. The van der Waals surface area contributed by atoms with E-state index < -0.39 is 0 Å². The lowest BCUT2D eigenvalue weighted by molar-refractivity contribution is 0.00578. The highest BCUT2D eigenvalue weighted by molar-refractivity contribution is 6.62. The minimum absolute atomic E-state index is 0.212. The Labute approximate surface area is 133 Å². The van der Waals surface area contributed by atoms with Crippen LogP contribution >= 0.6 is 0 Å². The number of nitrogens with zero attached hydrogens (tertiary/aromatic N) is 1. The highest BCUT2D eigenvalue weighted by Crippen LogP contribution is 2.36. The molecule has 2 heterocycles. The second kappa shape index (κ2) is 5.55. The van der Waals surface area contributed by atoms with Crippen molar-refractivity contribution in [1.29, 1.82) is 0 Å². The molecule has 1 atom stereocenters. The molecule has 2 saturated heterocycles. The minimum Gasteiger partial charge on any atom is -0.399 e. The van der Waals surface area contributed by atoms with Gasteiger partial charge in [-0.3, -0.25) is 0 Å². The van der Waals surface area contributed by atoms with Crippen LogP contribution in [0.2, 0.25) is 0 Å². The van der Waals surface area contributed by atoms with Gasteiger partial charge in [-0.25, -0.2) is 0 Å². The Balaban J connectivity index is 1.72. The molecule has 0 spiro atoms. The molecule has 0 bridgehead atoms. The molecule has 2 aliphatic rings. The van der Waals surface area contributed by atoms with Crippen molar-refractivity contribution in [3.05, 3.63) is 24.3 Å². The summed E-state index contributed by atoms with van der Waals surface area (Å²) in [5.74, 6) is 0. The van der Waals surface area contributed by atoms with Gasteiger partial charge in [0.25, 0.3) is 0 Å². The van der Waals surface area contributed by atoms with E-state index in [0.29, 0.717) is 0 Å².